The molecule has 2 heterocycles. The zero-order chi connectivity index (χ0) is 20.8. The first-order valence-electron chi connectivity index (χ1n) is 8.74. The van der Waals surface area contributed by atoms with Crippen molar-refractivity contribution < 1.29 is 23.6 Å². The zero-order valence-corrected chi connectivity index (χ0v) is 15.8. The monoisotopic (exact) mass is 394 g/mol. The largest absolute Gasteiger partial charge is 0.462 e. The minimum atomic E-state index is -0.473. The Hall–Kier alpha value is -4.01. The summed E-state index contributed by atoms with van der Waals surface area (Å²) in [6.45, 7) is 3.71. The van der Waals surface area contributed by atoms with Crippen LogP contribution < -0.4 is 10.6 Å². The fourth-order valence-electron chi connectivity index (χ4n) is 2.41. The van der Waals surface area contributed by atoms with E-state index in [1.165, 1.54) is 18.5 Å². The highest BCUT2D eigenvalue weighted by atomic mass is 16.5. The van der Waals surface area contributed by atoms with Crippen LogP contribution in [-0.2, 0) is 4.74 Å². The van der Waals surface area contributed by atoms with Gasteiger partial charge in [0.25, 0.3) is 11.8 Å². The highest BCUT2D eigenvalue weighted by molar-refractivity contribution is 6.08. The lowest BCUT2D eigenvalue weighted by atomic mass is 10.1. The summed E-state index contributed by atoms with van der Waals surface area (Å²) in [5.41, 5.74) is 1.25. The van der Waals surface area contributed by atoms with E-state index >= 15 is 0 Å². The maximum absolute atomic E-state index is 12.5. The normalized spacial score (nSPS) is 10.3. The maximum Gasteiger partial charge on any atom is 0.338 e. The molecule has 0 unspecified atom stereocenters. The van der Waals surface area contributed by atoms with Crippen LogP contribution in [0.15, 0.2) is 53.3 Å². The highest BCUT2D eigenvalue weighted by Crippen LogP contribution is 2.14. The van der Waals surface area contributed by atoms with Crippen molar-refractivity contribution in [1.82, 2.24) is 10.1 Å². The summed E-state index contributed by atoms with van der Waals surface area (Å²) in [4.78, 5) is 40.4. The molecule has 29 heavy (non-hydrogen) atoms. The number of anilines is 2. The fraction of sp³-hybridized carbons (Fsp3) is 0.150. The Morgan fingerprint density at radius 2 is 1.62 bits per heavy atom. The number of nitrogens with zero attached hydrogens (tertiary/aromatic N) is 2. The summed E-state index contributed by atoms with van der Waals surface area (Å²) >= 11 is 0. The Morgan fingerprint density at radius 3 is 2.21 bits per heavy atom. The average Bonchev–Trinajstić information content (AvgIpc) is 3.13. The molecular formula is C20H18N4O5. The van der Waals surface area contributed by atoms with Crippen LogP contribution in [0.25, 0.3) is 0 Å². The van der Waals surface area contributed by atoms with E-state index in [4.69, 9.17) is 9.26 Å². The van der Waals surface area contributed by atoms with Crippen molar-refractivity contribution in [1.29, 1.82) is 0 Å². The quantitative estimate of drug-likeness (QED) is 0.616. The lowest BCUT2D eigenvalue weighted by Crippen LogP contribution is -2.16. The van der Waals surface area contributed by atoms with Gasteiger partial charge in [0, 0.05) is 24.1 Å². The SMILES string of the molecule is CCOC(=O)c1ccc(NC(=O)c2cncc(C(=O)Nc3cc(C)on3)c2)cc1. The number of aromatic nitrogens is 2. The third-order valence-electron chi connectivity index (χ3n) is 3.79. The summed E-state index contributed by atoms with van der Waals surface area (Å²) < 4.78 is 9.81. The third kappa shape index (κ3) is 5.04. The van der Waals surface area contributed by atoms with E-state index in [2.05, 4.69) is 20.8 Å². The van der Waals surface area contributed by atoms with Gasteiger partial charge < -0.3 is 19.9 Å². The summed E-state index contributed by atoms with van der Waals surface area (Å²) in [7, 11) is 0. The van der Waals surface area contributed by atoms with Crippen LogP contribution in [0.5, 0.6) is 0 Å². The molecule has 148 valence electrons. The first-order valence-corrected chi connectivity index (χ1v) is 8.74. The summed E-state index contributed by atoms with van der Waals surface area (Å²) in [5.74, 6) is -0.535. The van der Waals surface area contributed by atoms with Gasteiger partial charge >= 0.3 is 5.97 Å². The molecular weight excluding hydrogens is 376 g/mol. The number of rotatable bonds is 6. The number of carbonyl (C=O) groups excluding carboxylic acids is 3. The van der Waals surface area contributed by atoms with Gasteiger partial charge in [0.15, 0.2) is 5.82 Å². The van der Waals surface area contributed by atoms with Crippen molar-refractivity contribution in [2.45, 2.75) is 13.8 Å². The summed E-state index contributed by atoms with van der Waals surface area (Å²) in [6, 6.07) is 9.26. The van der Waals surface area contributed by atoms with Crippen LogP contribution >= 0.6 is 0 Å². The van der Waals surface area contributed by atoms with Gasteiger partial charge in [-0.1, -0.05) is 5.16 Å². The average molecular weight is 394 g/mol. The molecule has 0 aliphatic heterocycles. The molecule has 2 amide bonds. The van der Waals surface area contributed by atoms with Crippen LogP contribution in [0.2, 0.25) is 0 Å². The molecule has 9 heteroatoms. The van der Waals surface area contributed by atoms with E-state index in [1.807, 2.05) is 0 Å². The van der Waals surface area contributed by atoms with Gasteiger partial charge in [-0.25, -0.2) is 4.79 Å². The Labute approximate surface area is 166 Å². The van der Waals surface area contributed by atoms with Crippen LogP contribution in [0.1, 0.15) is 43.8 Å². The Balaban J connectivity index is 1.67. The predicted molar refractivity (Wildman–Crippen MR) is 104 cm³/mol. The van der Waals surface area contributed by atoms with Crippen molar-refractivity contribution in [2.75, 3.05) is 17.2 Å². The van der Waals surface area contributed by atoms with E-state index in [-0.39, 0.29) is 23.6 Å². The maximum atomic E-state index is 12.5. The number of carbonyl (C=O) groups is 3. The highest BCUT2D eigenvalue weighted by Gasteiger charge is 2.14. The van der Waals surface area contributed by atoms with E-state index in [9.17, 15) is 14.4 Å². The minimum Gasteiger partial charge on any atom is -0.462 e. The van der Waals surface area contributed by atoms with E-state index < -0.39 is 17.8 Å². The molecule has 0 saturated heterocycles. The lowest BCUT2D eigenvalue weighted by Gasteiger charge is -2.07. The van der Waals surface area contributed by atoms with Crippen LogP contribution in [0.3, 0.4) is 0 Å². The van der Waals surface area contributed by atoms with Gasteiger partial charge in [-0.2, -0.15) is 0 Å². The summed E-state index contributed by atoms with van der Waals surface area (Å²) in [6.07, 6.45) is 2.69. The molecule has 0 aliphatic carbocycles. The predicted octanol–water partition coefficient (Wildman–Crippen LogP) is 3.06. The Bertz CT molecular complexity index is 1040. The standard InChI is InChI=1S/C20H18N4O5/c1-3-28-20(27)13-4-6-16(7-5-13)22-18(25)14-9-15(11-21-10-14)19(26)23-17-8-12(2)29-24-17/h4-11H,3H2,1-2H3,(H,22,25)(H,23,24,26). The van der Waals surface area contributed by atoms with Crippen molar-refractivity contribution in [3.8, 4) is 0 Å². The smallest absolute Gasteiger partial charge is 0.338 e. The van der Waals surface area contributed by atoms with Gasteiger partial charge in [0.05, 0.1) is 23.3 Å². The van der Waals surface area contributed by atoms with Crippen molar-refractivity contribution in [3.05, 3.63) is 71.2 Å². The molecule has 2 aromatic heterocycles. The number of nitrogens with one attached hydrogen (secondary N) is 2. The van der Waals surface area contributed by atoms with Gasteiger partial charge in [-0.05, 0) is 44.2 Å². The van der Waals surface area contributed by atoms with Gasteiger partial charge in [-0.3, -0.25) is 14.6 Å². The molecule has 3 rings (SSSR count). The minimum absolute atomic E-state index is 0.191. The molecule has 0 atom stereocenters. The molecule has 1 aromatic carbocycles. The number of pyridine rings is 1. The number of esters is 1. The second-order valence-corrected chi connectivity index (χ2v) is 5.99. The molecule has 2 N–H and O–H groups in total. The molecule has 0 saturated carbocycles. The molecule has 0 bridgehead atoms. The van der Waals surface area contributed by atoms with Crippen LogP contribution in [-0.4, -0.2) is 34.5 Å². The molecule has 0 spiro atoms. The van der Waals surface area contributed by atoms with E-state index in [1.54, 1.807) is 44.2 Å². The van der Waals surface area contributed by atoms with Gasteiger partial charge in [0.1, 0.15) is 5.76 Å². The van der Waals surface area contributed by atoms with Crippen LogP contribution in [0, 0.1) is 6.92 Å². The number of hydrogen-bond acceptors (Lipinski definition) is 7. The number of ether oxygens (including phenoxy) is 1. The number of hydrogen-bond donors (Lipinski definition) is 2. The molecule has 3 aromatic rings. The number of benzene rings is 1. The molecule has 0 fully saturated rings. The second-order valence-electron chi connectivity index (χ2n) is 5.99. The van der Waals surface area contributed by atoms with Crippen LogP contribution in [0.4, 0.5) is 11.5 Å². The van der Waals surface area contributed by atoms with Crippen molar-refractivity contribution >= 4 is 29.3 Å². The Morgan fingerprint density at radius 1 is 0.966 bits per heavy atom. The van der Waals surface area contributed by atoms with Gasteiger partial charge in [0.2, 0.25) is 0 Å². The second kappa shape index (κ2) is 8.79. The van der Waals surface area contributed by atoms with E-state index in [0.29, 0.717) is 17.0 Å². The first-order chi connectivity index (χ1) is 14.0. The van der Waals surface area contributed by atoms with Crippen molar-refractivity contribution in [3.63, 3.8) is 0 Å². The summed E-state index contributed by atoms with van der Waals surface area (Å²) in [5, 5.41) is 8.93. The fourth-order valence-corrected chi connectivity index (χ4v) is 2.41. The Kier molecular flexibility index (Phi) is 5.98. The van der Waals surface area contributed by atoms with Crippen molar-refractivity contribution in [2.24, 2.45) is 0 Å². The number of aryl methyl sites for hydroxylation is 1. The first kappa shape index (κ1) is 19.7. The van der Waals surface area contributed by atoms with E-state index in [0.717, 1.165) is 0 Å². The van der Waals surface area contributed by atoms with Gasteiger partial charge in [-0.15, -0.1) is 0 Å². The lowest BCUT2D eigenvalue weighted by molar-refractivity contribution is 0.0526. The topological polar surface area (TPSA) is 123 Å². The molecule has 0 aliphatic rings. The number of amides is 2. The molecule has 0 radical (unpaired) electrons. The molecule has 9 nitrogen and oxygen atoms in total. The zero-order valence-electron chi connectivity index (χ0n) is 15.8. The third-order valence-corrected chi connectivity index (χ3v) is 3.79.